The first-order chi connectivity index (χ1) is 33.1. The van der Waals surface area contributed by atoms with Gasteiger partial charge in [0.05, 0.1) is 53.2 Å². The average Bonchev–Trinajstić information content (AvgIpc) is 3.99. The lowest BCUT2D eigenvalue weighted by Crippen LogP contribution is -2.50. The minimum atomic E-state index is -0.725. The zero-order valence-corrected chi connectivity index (χ0v) is 41.5. The predicted molar refractivity (Wildman–Crippen MR) is 263 cm³/mol. The first-order valence-corrected chi connectivity index (χ1v) is 25.1. The van der Waals surface area contributed by atoms with Crippen LogP contribution in [-0.4, -0.2) is 102 Å². The van der Waals surface area contributed by atoms with Crippen LogP contribution in [0.1, 0.15) is 123 Å². The van der Waals surface area contributed by atoms with E-state index in [1.54, 1.807) is 25.2 Å². The molecule has 1 saturated carbocycles. The number of esters is 1. The molecule has 2 aliphatic carbocycles. The number of fused-ring (bicyclic) bond motifs is 1. The number of carbonyl (C=O) groups excluding carboxylic acids is 3. The highest BCUT2D eigenvalue weighted by Gasteiger charge is 2.47. The number of rotatable bonds is 27. The van der Waals surface area contributed by atoms with Crippen molar-refractivity contribution in [2.24, 2.45) is 17.8 Å². The van der Waals surface area contributed by atoms with Crippen molar-refractivity contribution in [3.63, 3.8) is 0 Å². The summed E-state index contributed by atoms with van der Waals surface area (Å²) in [5, 5.41) is 2.84. The monoisotopic (exact) mass is 937 g/mol. The first kappa shape index (κ1) is 52.3. The number of carbonyl (C=O) groups is 3. The molecule has 1 unspecified atom stereocenters. The lowest BCUT2D eigenvalue weighted by molar-refractivity contribution is -0.162. The van der Waals surface area contributed by atoms with Crippen LogP contribution in [0.25, 0.3) is 0 Å². The minimum Gasteiger partial charge on any atom is -0.493 e. The van der Waals surface area contributed by atoms with Crippen LogP contribution in [0.15, 0.2) is 54.6 Å². The van der Waals surface area contributed by atoms with Gasteiger partial charge in [-0.25, -0.2) is 4.79 Å². The first-order valence-electron chi connectivity index (χ1n) is 25.1. The van der Waals surface area contributed by atoms with Gasteiger partial charge in [0.2, 0.25) is 5.91 Å². The van der Waals surface area contributed by atoms with Gasteiger partial charge in [-0.05, 0) is 154 Å². The summed E-state index contributed by atoms with van der Waals surface area (Å²) in [7, 11) is 3.19. The molecule has 0 bridgehead atoms. The number of aryl methyl sites for hydroxylation is 4. The van der Waals surface area contributed by atoms with E-state index in [2.05, 4.69) is 49.2 Å². The molecule has 68 heavy (non-hydrogen) atoms. The third-order valence-corrected chi connectivity index (χ3v) is 14.0. The Hall–Kier alpha value is -5.09. The Balaban J connectivity index is 0.952. The van der Waals surface area contributed by atoms with Gasteiger partial charge in [0.25, 0.3) is 5.91 Å². The van der Waals surface area contributed by atoms with Gasteiger partial charge in [0.15, 0.2) is 18.1 Å². The molecule has 3 aromatic rings. The number of piperidine rings is 1. The van der Waals surface area contributed by atoms with Crippen LogP contribution in [0.2, 0.25) is 0 Å². The van der Waals surface area contributed by atoms with Crippen LogP contribution in [0.4, 0.5) is 0 Å². The van der Waals surface area contributed by atoms with Gasteiger partial charge in [0.1, 0.15) is 17.9 Å². The highest BCUT2D eigenvalue weighted by Crippen LogP contribution is 2.54. The number of ether oxygens (including phenoxy) is 7. The van der Waals surface area contributed by atoms with Gasteiger partial charge < -0.3 is 43.4 Å². The molecule has 12 nitrogen and oxygen atoms in total. The van der Waals surface area contributed by atoms with Gasteiger partial charge in [-0.1, -0.05) is 43.3 Å². The van der Waals surface area contributed by atoms with Crippen molar-refractivity contribution < 1.29 is 47.5 Å². The standard InChI is InChI=1S/C56H76N2O10/c1-7-46(44-35-41(4)54(63-6)52(37-44)62-5)55(60)58-27-13-12-21-50(58)56(61)68-51(25-24-42-23-22-39(2)40(3)34-42)43-16-14-17-45(36-43)67-38-53(59)57-26-29-65-31-33-66-32-30-64-28-15-20-49-47-18-10-8-9-11-19-48(47)49/h14,16-17,22-23,34-37,46-51H,7,10-13,15,18-21,24-33,38H2,1-6H3,(H,57,59)/t46-,47-,48+,49?,50-,51+/m0/s1. The molecule has 0 spiro atoms. The second-order valence-corrected chi connectivity index (χ2v) is 18.6. The number of amides is 2. The van der Waals surface area contributed by atoms with E-state index < -0.39 is 24.0 Å². The van der Waals surface area contributed by atoms with Crippen LogP contribution in [0.3, 0.4) is 0 Å². The molecule has 6 rings (SSSR count). The number of nitrogens with zero attached hydrogens (tertiary/aromatic N) is 1. The molecular formula is C56H76N2O10. The van der Waals surface area contributed by atoms with Crippen LogP contribution in [0, 0.1) is 50.4 Å². The zero-order chi connectivity index (χ0) is 48.3. The third kappa shape index (κ3) is 15.2. The smallest absolute Gasteiger partial charge is 0.329 e. The SMILES string of the molecule is CC[C@H](C(=O)N1CCCC[C@H]1C(=O)O[C@H](CCc1ccc(C)c(C)c1)c1cccc(OCC(=O)NCCOCCOCCOCCCC2[C@H]3CCC#CCC[C@@H]23)c1)c1cc(C)c(OC)c(OC)c1. The van der Waals surface area contributed by atoms with Crippen molar-refractivity contribution in [1.29, 1.82) is 0 Å². The van der Waals surface area contributed by atoms with Crippen molar-refractivity contribution in [3.05, 3.63) is 88.0 Å². The molecule has 1 N–H and O–H groups in total. The van der Waals surface area contributed by atoms with Gasteiger partial charge in [-0.3, -0.25) is 9.59 Å². The fraction of sp³-hybridized carbons (Fsp3) is 0.589. The topological polar surface area (TPSA) is 131 Å². The van der Waals surface area contributed by atoms with Crippen LogP contribution < -0.4 is 19.5 Å². The van der Waals surface area contributed by atoms with Crippen LogP contribution >= 0.6 is 0 Å². The molecule has 1 saturated heterocycles. The second-order valence-electron chi connectivity index (χ2n) is 18.6. The molecule has 2 amide bonds. The maximum Gasteiger partial charge on any atom is 0.329 e. The Morgan fingerprint density at radius 2 is 1.51 bits per heavy atom. The Labute approximate surface area is 405 Å². The molecule has 1 heterocycles. The van der Waals surface area contributed by atoms with E-state index >= 15 is 0 Å². The van der Waals surface area contributed by atoms with Gasteiger partial charge in [-0.15, -0.1) is 11.8 Å². The van der Waals surface area contributed by atoms with E-state index in [0.29, 0.717) is 89.1 Å². The number of hydrogen-bond donors (Lipinski definition) is 1. The van der Waals surface area contributed by atoms with Crippen molar-refractivity contribution in [3.8, 4) is 29.1 Å². The zero-order valence-electron chi connectivity index (χ0n) is 41.5. The minimum absolute atomic E-state index is 0.105. The largest absolute Gasteiger partial charge is 0.493 e. The molecule has 0 aromatic heterocycles. The molecule has 1 aliphatic heterocycles. The fourth-order valence-electron chi connectivity index (χ4n) is 10.0. The van der Waals surface area contributed by atoms with Crippen molar-refractivity contribution in [2.75, 3.05) is 73.6 Å². The predicted octanol–water partition coefficient (Wildman–Crippen LogP) is 9.19. The summed E-state index contributed by atoms with van der Waals surface area (Å²) in [6.07, 6.45) is 10.3. The summed E-state index contributed by atoms with van der Waals surface area (Å²) < 4.78 is 40.7. The highest BCUT2D eigenvalue weighted by atomic mass is 16.6. The van der Waals surface area contributed by atoms with Crippen molar-refractivity contribution in [1.82, 2.24) is 10.2 Å². The average molecular weight is 937 g/mol. The Kier molecular flexibility index (Phi) is 20.9. The van der Waals surface area contributed by atoms with E-state index in [-0.39, 0.29) is 18.4 Å². The van der Waals surface area contributed by atoms with Crippen molar-refractivity contribution in [2.45, 2.75) is 123 Å². The van der Waals surface area contributed by atoms with E-state index in [1.165, 1.54) is 30.4 Å². The summed E-state index contributed by atoms with van der Waals surface area (Å²) in [5.74, 6) is 9.63. The summed E-state index contributed by atoms with van der Waals surface area (Å²) in [6, 6.07) is 16.9. The van der Waals surface area contributed by atoms with E-state index in [0.717, 1.165) is 78.7 Å². The van der Waals surface area contributed by atoms with Crippen molar-refractivity contribution >= 4 is 17.8 Å². The number of benzene rings is 3. The third-order valence-electron chi connectivity index (χ3n) is 14.0. The maximum atomic E-state index is 14.4. The molecule has 2 fully saturated rings. The van der Waals surface area contributed by atoms with Gasteiger partial charge >= 0.3 is 5.97 Å². The summed E-state index contributed by atoms with van der Waals surface area (Å²) in [4.78, 5) is 43.3. The van der Waals surface area contributed by atoms with Gasteiger partial charge in [-0.2, -0.15) is 0 Å². The van der Waals surface area contributed by atoms with Gasteiger partial charge in [0, 0.05) is 32.5 Å². The summed E-state index contributed by atoms with van der Waals surface area (Å²) >= 11 is 0. The lowest BCUT2D eigenvalue weighted by Gasteiger charge is -2.37. The van der Waals surface area contributed by atoms with E-state index in [1.807, 2.05) is 44.2 Å². The molecule has 6 atom stereocenters. The Morgan fingerprint density at radius 3 is 2.22 bits per heavy atom. The molecule has 0 radical (unpaired) electrons. The number of methoxy groups -OCH3 is 2. The highest BCUT2D eigenvalue weighted by molar-refractivity contribution is 5.89. The maximum absolute atomic E-state index is 14.4. The van der Waals surface area contributed by atoms with E-state index in [9.17, 15) is 14.4 Å². The number of nitrogens with one attached hydrogen (secondary N) is 1. The summed E-state index contributed by atoms with van der Waals surface area (Å²) in [5.41, 5.74) is 5.98. The van der Waals surface area contributed by atoms with Crippen LogP contribution in [-0.2, 0) is 39.8 Å². The Morgan fingerprint density at radius 1 is 0.779 bits per heavy atom. The number of likely N-dealkylation sites (tertiary alicyclic amines) is 1. The quantitative estimate of drug-likeness (QED) is 0.0449. The normalized spacial score (nSPS) is 19.5. The fourth-order valence-corrected chi connectivity index (χ4v) is 10.0. The molecule has 3 aliphatic rings. The summed E-state index contributed by atoms with van der Waals surface area (Å²) in [6.45, 7) is 11.8. The van der Waals surface area contributed by atoms with Crippen LogP contribution in [0.5, 0.6) is 17.2 Å². The molecule has 3 aromatic carbocycles. The molecule has 12 heteroatoms. The van der Waals surface area contributed by atoms with E-state index in [4.69, 9.17) is 33.2 Å². The number of hydrogen-bond acceptors (Lipinski definition) is 10. The molecular weight excluding hydrogens is 861 g/mol. The molecule has 370 valence electrons. The second kappa shape index (κ2) is 27.2. The lowest BCUT2D eigenvalue weighted by atomic mass is 9.91. The Bertz CT molecular complexity index is 2150.